The standard InChI is InChI=1S/C24H24BrNO5/c1-2-30-18-11-7-15(8-12-18)21-20(22(27)16-5-9-17(25)10-6-16)23(28)24(29)26(21)14-19-4-3-13-31-19/h5-12,19,21,27H,2-4,13-14H2,1H3/b22-20+. The van der Waals surface area contributed by atoms with E-state index in [1.165, 1.54) is 4.90 Å². The number of carbonyl (C=O) groups is 2. The van der Waals surface area contributed by atoms with Crippen molar-refractivity contribution in [1.82, 2.24) is 4.90 Å². The Morgan fingerprint density at radius 2 is 1.87 bits per heavy atom. The van der Waals surface area contributed by atoms with Crippen LogP contribution in [-0.4, -0.2) is 47.6 Å². The summed E-state index contributed by atoms with van der Waals surface area (Å²) in [5, 5.41) is 11.1. The van der Waals surface area contributed by atoms with Crippen LogP contribution in [0.2, 0.25) is 0 Å². The molecule has 0 radical (unpaired) electrons. The van der Waals surface area contributed by atoms with Gasteiger partial charge in [-0.05, 0) is 49.6 Å². The second-order valence-electron chi connectivity index (χ2n) is 7.60. The minimum Gasteiger partial charge on any atom is -0.507 e. The number of benzene rings is 2. The SMILES string of the molecule is CCOc1ccc(C2/C(=C(\O)c3ccc(Br)cc3)C(=O)C(=O)N2CC2CCCO2)cc1. The van der Waals surface area contributed by atoms with E-state index >= 15 is 0 Å². The fourth-order valence-corrected chi connectivity index (χ4v) is 4.36. The molecule has 162 valence electrons. The van der Waals surface area contributed by atoms with Gasteiger partial charge in [0, 0.05) is 23.2 Å². The molecular weight excluding hydrogens is 462 g/mol. The molecule has 1 amide bonds. The maximum Gasteiger partial charge on any atom is 0.295 e. The normalized spacial score (nSPS) is 22.8. The van der Waals surface area contributed by atoms with E-state index in [9.17, 15) is 14.7 Å². The van der Waals surface area contributed by atoms with Gasteiger partial charge >= 0.3 is 0 Å². The molecule has 2 aromatic rings. The Morgan fingerprint density at radius 1 is 1.16 bits per heavy atom. The highest BCUT2D eigenvalue weighted by atomic mass is 79.9. The Morgan fingerprint density at radius 3 is 2.48 bits per heavy atom. The van der Waals surface area contributed by atoms with Crippen LogP contribution in [-0.2, 0) is 14.3 Å². The number of carbonyl (C=O) groups excluding carboxylic acids is 2. The van der Waals surface area contributed by atoms with Crippen molar-refractivity contribution in [1.29, 1.82) is 0 Å². The molecule has 2 fully saturated rings. The molecule has 2 saturated heterocycles. The van der Waals surface area contributed by atoms with Crippen LogP contribution in [0.4, 0.5) is 0 Å². The predicted octanol–water partition coefficient (Wildman–Crippen LogP) is 4.45. The number of likely N-dealkylation sites (tertiary alicyclic amines) is 1. The second-order valence-corrected chi connectivity index (χ2v) is 8.51. The molecule has 1 N–H and O–H groups in total. The maximum absolute atomic E-state index is 13.0. The number of ketones is 1. The van der Waals surface area contributed by atoms with Gasteiger partial charge in [0.2, 0.25) is 0 Å². The van der Waals surface area contributed by atoms with Gasteiger partial charge < -0.3 is 19.5 Å². The smallest absolute Gasteiger partial charge is 0.295 e. The van der Waals surface area contributed by atoms with Gasteiger partial charge in [0.15, 0.2) is 0 Å². The number of nitrogens with zero attached hydrogens (tertiary/aromatic N) is 1. The molecule has 2 heterocycles. The molecule has 0 spiro atoms. The van der Waals surface area contributed by atoms with E-state index in [1.807, 2.05) is 31.2 Å². The Labute approximate surface area is 189 Å². The van der Waals surface area contributed by atoms with Gasteiger partial charge in [-0.25, -0.2) is 0 Å². The third kappa shape index (κ3) is 4.38. The van der Waals surface area contributed by atoms with Crippen LogP contribution in [0.1, 0.15) is 36.9 Å². The zero-order chi connectivity index (χ0) is 22.0. The number of ether oxygens (including phenoxy) is 2. The Balaban J connectivity index is 1.78. The lowest BCUT2D eigenvalue weighted by Crippen LogP contribution is -2.36. The fourth-order valence-electron chi connectivity index (χ4n) is 4.10. The van der Waals surface area contributed by atoms with Crippen molar-refractivity contribution >= 4 is 33.4 Å². The number of rotatable bonds is 6. The molecule has 2 aliphatic rings. The summed E-state index contributed by atoms with van der Waals surface area (Å²) in [4.78, 5) is 27.6. The zero-order valence-electron chi connectivity index (χ0n) is 17.2. The highest BCUT2D eigenvalue weighted by molar-refractivity contribution is 9.10. The van der Waals surface area contributed by atoms with Gasteiger partial charge in [-0.2, -0.15) is 0 Å². The van der Waals surface area contributed by atoms with E-state index in [4.69, 9.17) is 9.47 Å². The first-order chi connectivity index (χ1) is 15.0. The highest BCUT2D eigenvalue weighted by Gasteiger charge is 2.47. The van der Waals surface area contributed by atoms with E-state index in [0.717, 1.165) is 22.9 Å². The van der Waals surface area contributed by atoms with Crippen LogP contribution >= 0.6 is 15.9 Å². The molecule has 0 saturated carbocycles. The van der Waals surface area contributed by atoms with Crippen molar-refractivity contribution < 1.29 is 24.2 Å². The molecule has 4 rings (SSSR count). The highest BCUT2D eigenvalue weighted by Crippen LogP contribution is 2.40. The van der Waals surface area contributed by atoms with Crippen molar-refractivity contribution in [2.45, 2.75) is 31.9 Å². The van der Waals surface area contributed by atoms with Crippen LogP contribution in [0.3, 0.4) is 0 Å². The summed E-state index contributed by atoms with van der Waals surface area (Å²) in [6.07, 6.45) is 1.66. The molecule has 2 atom stereocenters. The first-order valence-electron chi connectivity index (χ1n) is 10.4. The minimum absolute atomic E-state index is 0.0921. The number of hydrogen-bond acceptors (Lipinski definition) is 5. The molecule has 6 nitrogen and oxygen atoms in total. The number of hydrogen-bond donors (Lipinski definition) is 1. The topological polar surface area (TPSA) is 76.1 Å². The molecular formula is C24H24BrNO5. The van der Waals surface area contributed by atoms with Gasteiger partial charge in [-0.3, -0.25) is 9.59 Å². The summed E-state index contributed by atoms with van der Waals surface area (Å²) in [6, 6.07) is 13.6. The van der Waals surface area contributed by atoms with E-state index < -0.39 is 17.7 Å². The van der Waals surface area contributed by atoms with Crippen molar-refractivity contribution in [3.8, 4) is 5.75 Å². The summed E-state index contributed by atoms with van der Waals surface area (Å²) in [5.41, 5.74) is 1.31. The minimum atomic E-state index is -0.691. The molecule has 2 aromatic carbocycles. The summed E-state index contributed by atoms with van der Waals surface area (Å²) < 4.78 is 12.1. The lowest BCUT2D eigenvalue weighted by atomic mass is 9.95. The zero-order valence-corrected chi connectivity index (χ0v) is 18.8. The van der Waals surface area contributed by atoms with E-state index in [1.54, 1.807) is 24.3 Å². The maximum atomic E-state index is 13.0. The van der Waals surface area contributed by atoms with Crippen molar-refractivity contribution in [3.63, 3.8) is 0 Å². The third-order valence-electron chi connectivity index (χ3n) is 5.59. The quantitative estimate of drug-likeness (QED) is 0.371. The molecule has 2 unspecified atom stereocenters. The average molecular weight is 486 g/mol. The fraction of sp³-hybridized carbons (Fsp3) is 0.333. The van der Waals surface area contributed by atoms with Crippen LogP contribution in [0.25, 0.3) is 5.76 Å². The lowest BCUT2D eigenvalue weighted by Gasteiger charge is -2.27. The number of amides is 1. The second kappa shape index (κ2) is 9.24. The first-order valence-corrected chi connectivity index (χ1v) is 11.2. The van der Waals surface area contributed by atoms with Gasteiger partial charge in [0.25, 0.3) is 11.7 Å². The van der Waals surface area contributed by atoms with Crippen molar-refractivity contribution in [2.75, 3.05) is 19.8 Å². The van der Waals surface area contributed by atoms with Gasteiger partial charge in [0.05, 0.1) is 24.3 Å². The Hall–Kier alpha value is -2.64. The summed E-state index contributed by atoms with van der Waals surface area (Å²) >= 11 is 3.37. The number of halogens is 1. The summed E-state index contributed by atoms with van der Waals surface area (Å²) in [7, 11) is 0. The van der Waals surface area contributed by atoms with Crippen LogP contribution in [0.15, 0.2) is 58.6 Å². The summed E-state index contributed by atoms with van der Waals surface area (Å²) in [6.45, 7) is 3.41. The number of aliphatic hydroxyl groups excluding tert-OH is 1. The molecule has 0 aliphatic carbocycles. The lowest BCUT2D eigenvalue weighted by molar-refractivity contribution is -0.140. The van der Waals surface area contributed by atoms with Crippen molar-refractivity contribution in [2.24, 2.45) is 0 Å². The molecule has 0 aromatic heterocycles. The largest absolute Gasteiger partial charge is 0.507 e. The molecule has 2 aliphatic heterocycles. The Bertz CT molecular complexity index is 994. The molecule has 31 heavy (non-hydrogen) atoms. The van der Waals surface area contributed by atoms with Crippen molar-refractivity contribution in [3.05, 3.63) is 69.7 Å². The average Bonchev–Trinajstić information content (AvgIpc) is 3.37. The first kappa shape index (κ1) is 21.6. The van der Waals surface area contributed by atoms with Gasteiger partial charge in [-0.1, -0.05) is 40.2 Å². The third-order valence-corrected chi connectivity index (χ3v) is 6.12. The monoisotopic (exact) mass is 485 g/mol. The summed E-state index contributed by atoms with van der Waals surface area (Å²) in [5.74, 6) is -0.778. The van der Waals surface area contributed by atoms with E-state index in [0.29, 0.717) is 31.1 Å². The van der Waals surface area contributed by atoms with Crippen LogP contribution in [0.5, 0.6) is 5.75 Å². The van der Waals surface area contributed by atoms with Gasteiger partial charge in [-0.15, -0.1) is 0 Å². The van der Waals surface area contributed by atoms with Crippen LogP contribution in [0, 0.1) is 0 Å². The number of Topliss-reactive ketones (excluding diaryl/α,β-unsaturated/α-hetero) is 1. The molecule has 7 heteroatoms. The van der Waals surface area contributed by atoms with Gasteiger partial charge in [0.1, 0.15) is 11.5 Å². The Kier molecular flexibility index (Phi) is 6.43. The van der Waals surface area contributed by atoms with Crippen LogP contribution < -0.4 is 4.74 Å². The predicted molar refractivity (Wildman–Crippen MR) is 120 cm³/mol. The number of aliphatic hydroxyl groups is 1. The van der Waals surface area contributed by atoms with E-state index in [-0.39, 0.29) is 17.4 Å². The molecule has 0 bridgehead atoms. The van der Waals surface area contributed by atoms with E-state index in [2.05, 4.69) is 15.9 Å².